The quantitative estimate of drug-likeness (QED) is 0.838. The Morgan fingerprint density at radius 3 is 3.19 bits per heavy atom. The Morgan fingerprint density at radius 1 is 1.52 bits per heavy atom. The number of rotatable bonds is 4. The zero-order valence-electron chi connectivity index (χ0n) is 12.2. The number of methoxy groups -OCH3 is 1. The Labute approximate surface area is 128 Å². The van der Waals surface area contributed by atoms with E-state index < -0.39 is 0 Å². The van der Waals surface area contributed by atoms with Gasteiger partial charge in [0.1, 0.15) is 0 Å². The minimum Gasteiger partial charge on any atom is -0.383 e. The number of carbonyl (C=O) groups is 2. The van der Waals surface area contributed by atoms with Crippen molar-refractivity contribution in [3.05, 3.63) is 21.9 Å². The average Bonchev–Trinajstić information content (AvgIpc) is 3.10. The Bertz CT molecular complexity index is 543. The van der Waals surface area contributed by atoms with Crippen LogP contribution in [0.4, 0.5) is 0 Å². The third kappa shape index (κ3) is 2.96. The topological polar surface area (TPSA) is 49.9 Å². The molecule has 0 N–H and O–H groups in total. The van der Waals surface area contributed by atoms with Crippen LogP contribution in [-0.2, 0) is 27.3 Å². The molecule has 1 aromatic heterocycles. The van der Waals surface area contributed by atoms with Crippen molar-refractivity contribution in [2.75, 3.05) is 33.4 Å². The minimum atomic E-state index is -0.186. The lowest BCUT2D eigenvalue weighted by molar-refractivity contribution is -0.136. The van der Waals surface area contributed by atoms with Gasteiger partial charge in [0.15, 0.2) is 0 Å². The molecule has 2 aliphatic rings. The van der Waals surface area contributed by atoms with E-state index >= 15 is 0 Å². The van der Waals surface area contributed by atoms with Crippen molar-refractivity contribution in [1.82, 2.24) is 9.80 Å². The van der Waals surface area contributed by atoms with Gasteiger partial charge in [-0.1, -0.05) is 0 Å². The summed E-state index contributed by atoms with van der Waals surface area (Å²) in [6.07, 6.45) is 1.28. The zero-order chi connectivity index (χ0) is 14.8. The van der Waals surface area contributed by atoms with E-state index in [-0.39, 0.29) is 17.7 Å². The summed E-state index contributed by atoms with van der Waals surface area (Å²) in [5.74, 6) is 0.00768. The molecule has 21 heavy (non-hydrogen) atoms. The van der Waals surface area contributed by atoms with Crippen LogP contribution in [0.15, 0.2) is 11.4 Å². The molecule has 0 bridgehead atoms. The molecular weight excluding hydrogens is 288 g/mol. The maximum Gasteiger partial charge on any atom is 0.228 e. The molecule has 2 aliphatic heterocycles. The Morgan fingerprint density at radius 2 is 2.38 bits per heavy atom. The number of amides is 2. The zero-order valence-corrected chi connectivity index (χ0v) is 13.0. The number of likely N-dealkylation sites (tertiary alicyclic amines) is 1. The molecule has 0 saturated carbocycles. The fraction of sp³-hybridized carbons (Fsp3) is 0.600. The fourth-order valence-electron chi connectivity index (χ4n) is 3.05. The highest BCUT2D eigenvalue weighted by Gasteiger charge is 2.37. The number of hydrogen-bond donors (Lipinski definition) is 0. The van der Waals surface area contributed by atoms with Gasteiger partial charge in [0.05, 0.1) is 12.5 Å². The van der Waals surface area contributed by atoms with Crippen molar-refractivity contribution in [2.24, 2.45) is 5.92 Å². The van der Waals surface area contributed by atoms with Crippen LogP contribution in [0, 0.1) is 5.92 Å². The Hall–Kier alpha value is -1.40. The largest absolute Gasteiger partial charge is 0.383 e. The second kappa shape index (κ2) is 6.15. The van der Waals surface area contributed by atoms with E-state index in [0.717, 1.165) is 13.0 Å². The predicted octanol–water partition coefficient (Wildman–Crippen LogP) is 1.13. The van der Waals surface area contributed by atoms with Gasteiger partial charge in [-0.15, -0.1) is 11.3 Å². The summed E-state index contributed by atoms with van der Waals surface area (Å²) in [4.78, 5) is 29.6. The molecule has 0 unspecified atom stereocenters. The van der Waals surface area contributed by atoms with E-state index in [0.29, 0.717) is 32.7 Å². The Balaban J connectivity index is 1.60. The van der Waals surface area contributed by atoms with Gasteiger partial charge >= 0.3 is 0 Å². The van der Waals surface area contributed by atoms with Crippen LogP contribution in [0.2, 0.25) is 0 Å². The monoisotopic (exact) mass is 308 g/mol. The summed E-state index contributed by atoms with van der Waals surface area (Å²) in [6, 6.07) is 2.10. The van der Waals surface area contributed by atoms with E-state index in [1.54, 1.807) is 23.3 Å². The van der Waals surface area contributed by atoms with E-state index in [2.05, 4.69) is 11.4 Å². The molecule has 1 atom stereocenters. The molecular formula is C15H20N2O3S. The maximum atomic E-state index is 12.6. The molecule has 0 aliphatic carbocycles. The summed E-state index contributed by atoms with van der Waals surface area (Å²) in [6.45, 7) is 3.10. The van der Waals surface area contributed by atoms with Crippen LogP contribution >= 0.6 is 11.3 Å². The first-order valence-electron chi connectivity index (χ1n) is 7.29. The lowest BCUT2D eigenvalue weighted by Crippen LogP contribution is -2.40. The van der Waals surface area contributed by atoms with Crippen LogP contribution in [0.25, 0.3) is 0 Å². The number of carbonyl (C=O) groups excluding carboxylic acids is 2. The standard InChI is InChI=1S/C15H20N2O3S/c1-20-6-5-16-10-12(8-14(16)18)15(19)17-4-2-13-11(9-17)3-7-21-13/h3,7,12H,2,4-6,8-10H2,1H3/t12-/m1/s1. The molecule has 0 spiro atoms. The van der Waals surface area contributed by atoms with Crippen molar-refractivity contribution in [1.29, 1.82) is 0 Å². The summed E-state index contributed by atoms with van der Waals surface area (Å²) in [5.41, 5.74) is 1.26. The molecule has 3 rings (SSSR count). The van der Waals surface area contributed by atoms with Gasteiger partial charge in [-0.2, -0.15) is 0 Å². The SMILES string of the molecule is COCCN1C[C@H](C(=O)N2CCc3sccc3C2)CC1=O. The van der Waals surface area contributed by atoms with E-state index in [4.69, 9.17) is 4.74 Å². The van der Waals surface area contributed by atoms with Crippen LogP contribution in [0.1, 0.15) is 16.9 Å². The van der Waals surface area contributed by atoms with Crippen LogP contribution < -0.4 is 0 Å². The molecule has 3 heterocycles. The van der Waals surface area contributed by atoms with Crippen LogP contribution in [-0.4, -0.2) is 55.0 Å². The first-order chi connectivity index (χ1) is 10.2. The lowest BCUT2D eigenvalue weighted by atomic mass is 10.0. The van der Waals surface area contributed by atoms with E-state index in [9.17, 15) is 9.59 Å². The van der Waals surface area contributed by atoms with Gasteiger partial charge < -0.3 is 14.5 Å². The third-order valence-electron chi connectivity index (χ3n) is 4.25. The number of ether oxygens (including phenoxy) is 1. The van der Waals surface area contributed by atoms with Gasteiger partial charge in [-0.05, 0) is 23.4 Å². The predicted molar refractivity (Wildman–Crippen MR) is 80.0 cm³/mol. The second-order valence-electron chi connectivity index (χ2n) is 5.61. The van der Waals surface area contributed by atoms with Crippen LogP contribution in [0.3, 0.4) is 0 Å². The van der Waals surface area contributed by atoms with Crippen molar-refractivity contribution in [3.8, 4) is 0 Å². The number of nitrogens with zero attached hydrogens (tertiary/aromatic N) is 2. The summed E-state index contributed by atoms with van der Waals surface area (Å²) in [5, 5.41) is 2.09. The molecule has 1 saturated heterocycles. The van der Waals surface area contributed by atoms with E-state index in [1.807, 2.05) is 4.90 Å². The first-order valence-corrected chi connectivity index (χ1v) is 8.17. The van der Waals surface area contributed by atoms with Gasteiger partial charge in [0.25, 0.3) is 0 Å². The Kier molecular flexibility index (Phi) is 4.26. The van der Waals surface area contributed by atoms with Gasteiger partial charge in [-0.25, -0.2) is 0 Å². The summed E-state index contributed by atoms with van der Waals surface area (Å²) in [7, 11) is 1.62. The normalized spacial score (nSPS) is 21.8. The van der Waals surface area contributed by atoms with Gasteiger partial charge in [-0.3, -0.25) is 9.59 Å². The molecule has 5 nitrogen and oxygen atoms in total. The van der Waals surface area contributed by atoms with Crippen molar-refractivity contribution >= 4 is 23.2 Å². The number of fused-ring (bicyclic) bond motifs is 1. The van der Waals surface area contributed by atoms with E-state index in [1.165, 1.54) is 10.4 Å². The highest BCUT2D eigenvalue weighted by Crippen LogP contribution is 2.27. The molecule has 1 fully saturated rings. The highest BCUT2D eigenvalue weighted by molar-refractivity contribution is 7.10. The minimum absolute atomic E-state index is 0.0682. The average molecular weight is 308 g/mol. The van der Waals surface area contributed by atoms with Crippen molar-refractivity contribution in [3.63, 3.8) is 0 Å². The maximum absolute atomic E-state index is 12.6. The van der Waals surface area contributed by atoms with Gasteiger partial charge in [0, 0.05) is 44.6 Å². The second-order valence-corrected chi connectivity index (χ2v) is 6.61. The van der Waals surface area contributed by atoms with Gasteiger partial charge in [0.2, 0.25) is 11.8 Å². The number of hydrogen-bond acceptors (Lipinski definition) is 4. The van der Waals surface area contributed by atoms with Crippen molar-refractivity contribution in [2.45, 2.75) is 19.4 Å². The molecule has 6 heteroatoms. The fourth-order valence-corrected chi connectivity index (χ4v) is 3.94. The highest BCUT2D eigenvalue weighted by atomic mass is 32.1. The summed E-state index contributed by atoms with van der Waals surface area (Å²) >= 11 is 1.77. The smallest absolute Gasteiger partial charge is 0.228 e. The summed E-state index contributed by atoms with van der Waals surface area (Å²) < 4.78 is 5.01. The molecule has 0 radical (unpaired) electrons. The number of thiophene rings is 1. The van der Waals surface area contributed by atoms with Crippen molar-refractivity contribution < 1.29 is 14.3 Å². The third-order valence-corrected chi connectivity index (χ3v) is 5.27. The first kappa shape index (κ1) is 14.5. The lowest BCUT2D eigenvalue weighted by Gasteiger charge is -2.29. The molecule has 2 amide bonds. The molecule has 1 aromatic rings. The van der Waals surface area contributed by atoms with Crippen LogP contribution in [0.5, 0.6) is 0 Å². The molecule has 0 aromatic carbocycles. The molecule has 114 valence electrons.